The van der Waals surface area contributed by atoms with Gasteiger partial charge in [-0.3, -0.25) is 9.59 Å². The molecule has 0 saturated heterocycles. The number of nitrogens with zero attached hydrogens (tertiary/aromatic N) is 1. The molecule has 0 fully saturated rings. The summed E-state index contributed by atoms with van der Waals surface area (Å²) in [5.41, 5.74) is 2.84. The second-order valence-corrected chi connectivity index (χ2v) is 9.13. The van der Waals surface area contributed by atoms with E-state index in [1.807, 2.05) is 67.6 Å². The Labute approximate surface area is 203 Å². The van der Waals surface area contributed by atoms with Crippen LogP contribution in [0.4, 0.5) is 5.69 Å². The van der Waals surface area contributed by atoms with E-state index in [0.29, 0.717) is 42.5 Å². The van der Waals surface area contributed by atoms with Crippen LogP contribution < -0.4 is 10.2 Å². The van der Waals surface area contributed by atoms with Gasteiger partial charge in [0.05, 0.1) is 17.8 Å². The van der Waals surface area contributed by atoms with Crippen LogP contribution in [0.1, 0.15) is 39.6 Å². The number of hydrogen-bond donors (Lipinski definition) is 1. The molecule has 0 unspecified atom stereocenters. The highest BCUT2D eigenvalue weighted by Crippen LogP contribution is 2.42. The molecule has 0 atom stereocenters. The molecule has 1 aliphatic rings. The molecule has 0 bridgehead atoms. The van der Waals surface area contributed by atoms with E-state index >= 15 is 0 Å². The smallest absolute Gasteiger partial charge is 0.259 e. The van der Waals surface area contributed by atoms with Crippen molar-refractivity contribution in [3.05, 3.63) is 88.4 Å². The Kier molecular flexibility index (Phi) is 7.70. The van der Waals surface area contributed by atoms with E-state index in [-0.39, 0.29) is 11.8 Å². The van der Waals surface area contributed by atoms with Gasteiger partial charge < -0.3 is 15.0 Å². The maximum absolute atomic E-state index is 13.6. The van der Waals surface area contributed by atoms with Crippen molar-refractivity contribution >= 4 is 40.9 Å². The molecule has 0 spiro atoms. The molecule has 1 aliphatic heterocycles. The Morgan fingerprint density at radius 1 is 1.06 bits per heavy atom. The van der Waals surface area contributed by atoms with Crippen molar-refractivity contribution < 1.29 is 14.3 Å². The number of benzene rings is 3. The summed E-state index contributed by atoms with van der Waals surface area (Å²) in [7, 11) is 0. The van der Waals surface area contributed by atoms with Crippen molar-refractivity contribution in [2.24, 2.45) is 0 Å². The molecule has 0 aromatic heterocycles. The van der Waals surface area contributed by atoms with E-state index in [1.165, 1.54) is 11.8 Å². The minimum absolute atomic E-state index is 0.0962. The fraction of sp³-hybridized carbons (Fsp3) is 0.231. The van der Waals surface area contributed by atoms with Gasteiger partial charge in [0.2, 0.25) is 0 Å². The summed E-state index contributed by atoms with van der Waals surface area (Å²) < 4.78 is 5.32. The Hall–Kier alpha value is -2.80. The first-order chi connectivity index (χ1) is 16.1. The average molecular weight is 481 g/mol. The zero-order chi connectivity index (χ0) is 23.2. The summed E-state index contributed by atoms with van der Waals surface area (Å²) in [4.78, 5) is 29.9. The van der Waals surface area contributed by atoms with E-state index in [2.05, 4.69) is 5.32 Å². The van der Waals surface area contributed by atoms with Crippen LogP contribution in [0.5, 0.6) is 0 Å². The maximum Gasteiger partial charge on any atom is 0.259 e. The third-order valence-corrected chi connectivity index (χ3v) is 6.70. The first kappa shape index (κ1) is 23.4. The second-order valence-electron chi connectivity index (χ2n) is 7.60. The van der Waals surface area contributed by atoms with Crippen LogP contribution in [0.25, 0.3) is 0 Å². The van der Waals surface area contributed by atoms with Crippen LogP contribution in [0.3, 0.4) is 0 Å². The largest absolute Gasteiger partial charge is 0.382 e. The van der Waals surface area contributed by atoms with Gasteiger partial charge in [-0.05, 0) is 61.4 Å². The Morgan fingerprint density at radius 3 is 2.64 bits per heavy atom. The van der Waals surface area contributed by atoms with Gasteiger partial charge in [-0.1, -0.05) is 47.6 Å². The Bertz CT molecular complexity index is 1150. The molecule has 33 heavy (non-hydrogen) atoms. The lowest BCUT2D eigenvalue weighted by atomic mass is 10.1. The SMILES string of the molecule is CCOCCCNC(=O)c1ccc2c(c1)N(Cc1ccc(Cl)cc1)C(=O)c1ccccc1S2. The van der Waals surface area contributed by atoms with E-state index < -0.39 is 0 Å². The minimum atomic E-state index is -0.167. The van der Waals surface area contributed by atoms with Crippen LogP contribution in [-0.2, 0) is 11.3 Å². The fourth-order valence-corrected chi connectivity index (χ4v) is 4.80. The molecule has 0 aliphatic carbocycles. The highest BCUT2D eigenvalue weighted by Gasteiger charge is 2.28. The summed E-state index contributed by atoms with van der Waals surface area (Å²) in [5, 5.41) is 3.58. The van der Waals surface area contributed by atoms with Gasteiger partial charge in [0.25, 0.3) is 11.8 Å². The van der Waals surface area contributed by atoms with Gasteiger partial charge in [0.1, 0.15) is 0 Å². The minimum Gasteiger partial charge on any atom is -0.382 e. The normalized spacial score (nSPS) is 12.7. The predicted octanol–water partition coefficient (Wildman–Crippen LogP) is 5.81. The molecule has 170 valence electrons. The molecule has 1 heterocycles. The molecule has 4 rings (SSSR count). The third kappa shape index (κ3) is 5.58. The molecule has 2 amide bonds. The maximum atomic E-state index is 13.6. The zero-order valence-corrected chi connectivity index (χ0v) is 19.9. The molecular weight excluding hydrogens is 456 g/mol. The molecule has 1 N–H and O–H groups in total. The molecule has 5 nitrogen and oxygen atoms in total. The van der Waals surface area contributed by atoms with Crippen LogP contribution >= 0.6 is 23.4 Å². The van der Waals surface area contributed by atoms with Crippen molar-refractivity contribution in [1.82, 2.24) is 5.32 Å². The van der Waals surface area contributed by atoms with Crippen molar-refractivity contribution in [3.63, 3.8) is 0 Å². The quantitative estimate of drug-likeness (QED) is 0.413. The average Bonchev–Trinajstić information content (AvgIpc) is 2.94. The van der Waals surface area contributed by atoms with Crippen LogP contribution in [0.15, 0.2) is 76.5 Å². The van der Waals surface area contributed by atoms with E-state index in [1.54, 1.807) is 11.0 Å². The predicted molar refractivity (Wildman–Crippen MR) is 132 cm³/mol. The van der Waals surface area contributed by atoms with Gasteiger partial charge in [0, 0.05) is 40.1 Å². The standard InChI is InChI=1S/C26H25ClN2O3S/c1-2-32-15-5-14-28-25(30)19-10-13-24-22(16-19)29(17-18-8-11-20(27)12-9-18)26(31)21-6-3-4-7-23(21)33-24/h3-4,6-13,16H,2,5,14-15,17H2,1H3,(H,28,30). The lowest BCUT2D eigenvalue weighted by Gasteiger charge is -2.24. The van der Waals surface area contributed by atoms with Crippen LogP contribution in [0, 0.1) is 0 Å². The third-order valence-electron chi connectivity index (χ3n) is 5.30. The Morgan fingerprint density at radius 2 is 1.85 bits per heavy atom. The number of halogens is 1. The van der Waals surface area contributed by atoms with Crippen molar-refractivity contribution in [1.29, 1.82) is 0 Å². The Balaban J connectivity index is 1.65. The number of carbonyl (C=O) groups is 2. The van der Waals surface area contributed by atoms with Crippen molar-refractivity contribution in [2.75, 3.05) is 24.7 Å². The van der Waals surface area contributed by atoms with Gasteiger partial charge in [0.15, 0.2) is 0 Å². The first-order valence-electron chi connectivity index (χ1n) is 10.9. The number of ether oxygens (including phenoxy) is 1. The number of anilines is 1. The number of carbonyl (C=O) groups excluding carboxylic acids is 2. The number of fused-ring (bicyclic) bond motifs is 2. The summed E-state index contributed by atoms with van der Waals surface area (Å²) in [6.45, 7) is 4.12. The van der Waals surface area contributed by atoms with Crippen LogP contribution in [0.2, 0.25) is 5.02 Å². The molecule has 3 aromatic carbocycles. The summed E-state index contributed by atoms with van der Waals surface area (Å²) in [6.07, 6.45) is 0.747. The molecule has 0 saturated carbocycles. The number of hydrogen-bond acceptors (Lipinski definition) is 4. The highest BCUT2D eigenvalue weighted by atomic mass is 35.5. The van der Waals surface area contributed by atoms with Gasteiger partial charge in [-0.2, -0.15) is 0 Å². The van der Waals surface area contributed by atoms with E-state index in [9.17, 15) is 9.59 Å². The lowest BCUT2D eigenvalue weighted by Crippen LogP contribution is -2.31. The van der Waals surface area contributed by atoms with Crippen LogP contribution in [-0.4, -0.2) is 31.6 Å². The van der Waals surface area contributed by atoms with Gasteiger partial charge >= 0.3 is 0 Å². The summed E-state index contributed by atoms with van der Waals surface area (Å²) in [6, 6.07) is 20.6. The topological polar surface area (TPSA) is 58.6 Å². The highest BCUT2D eigenvalue weighted by molar-refractivity contribution is 7.99. The fourth-order valence-electron chi connectivity index (χ4n) is 3.61. The van der Waals surface area contributed by atoms with Gasteiger partial charge in [-0.25, -0.2) is 0 Å². The number of amides is 2. The van der Waals surface area contributed by atoms with Crippen molar-refractivity contribution in [3.8, 4) is 0 Å². The number of rotatable bonds is 8. The second kappa shape index (κ2) is 10.9. The molecule has 7 heteroatoms. The number of nitrogens with one attached hydrogen (secondary N) is 1. The monoisotopic (exact) mass is 480 g/mol. The first-order valence-corrected chi connectivity index (χ1v) is 12.1. The van der Waals surface area contributed by atoms with Gasteiger partial charge in [-0.15, -0.1) is 0 Å². The summed E-state index contributed by atoms with van der Waals surface area (Å²) in [5.74, 6) is -0.263. The van der Waals surface area contributed by atoms with Crippen molar-refractivity contribution in [2.45, 2.75) is 29.7 Å². The van der Waals surface area contributed by atoms with E-state index in [0.717, 1.165) is 27.5 Å². The van der Waals surface area contributed by atoms with E-state index in [4.69, 9.17) is 16.3 Å². The zero-order valence-electron chi connectivity index (χ0n) is 18.3. The molecular formula is C26H25ClN2O3S. The lowest BCUT2D eigenvalue weighted by molar-refractivity contribution is 0.0941. The molecule has 3 aromatic rings. The summed E-state index contributed by atoms with van der Waals surface area (Å²) >= 11 is 7.59. The molecule has 0 radical (unpaired) electrons.